The number of hydrogen-bond acceptors (Lipinski definition) is 6. The van der Waals surface area contributed by atoms with E-state index in [-0.39, 0.29) is 5.91 Å². The Hall–Kier alpha value is -2.83. The fraction of sp³-hybridized carbons (Fsp3) is 0.500. The molecule has 7 heteroatoms. The quantitative estimate of drug-likeness (QED) is 0.747. The van der Waals surface area contributed by atoms with Gasteiger partial charge in [-0.1, -0.05) is 6.07 Å². The molecule has 1 saturated carbocycles. The van der Waals surface area contributed by atoms with Gasteiger partial charge in [0.05, 0.1) is 7.11 Å². The van der Waals surface area contributed by atoms with Gasteiger partial charge in [0.25, 0.3) is 5.91 Å². The molecule has 2 N–H and O–H groups in total. The van der Waals surface area contributed by atoms with Gasteiger partial charge in [-0.05, 0) is 56.7 Å². The fourth-order valence-electron chi connectivity index (χ4n) is 3.68. The average Bonchev–Trinajstić information content (AvgIpc) is 2.72. The van der Waals surface area contributed by atoms with Gasteiger partial charge in [-0.2, -0.15) is 0 Å². The summed E-state index contributed by atoms with van der Waals surface area (Å²) in [6.45, 7) is 2.63. The molecule has 0 saturated heterocycles. The Labute approximate surface area is 172 Å². The van der Waals surface area contributed by atoms with Crippen molar-refractivity contribution in [3.63, 3.8) is 0 Å². The number of amides is 1. The number of carbonyl (C=O) groups is 1. The first kappa shape index (κ1) is 20.9. The van der Waals surface area contributed by atoms with E-state index in [9.17, 15) is 4.79 Å². The summed E-state index contributed by atoms with van der Waals surface area (Å²) >= 11 is 0. The van der Waals surface area contributed by atoms with Crippen LogP contribution in [-0.2, 0) is 0 Å². The zero-order valence-electron chi connectivity index (χ0n) is 17.7. The Morgan fingerprint density at radius 3 is 2.62 bits per heavy atom. The van der Waals surface area contributed by atoms with Crippen molar-refractivity contribution in [2.45, 2.75) is 38.6 Å². The maximum Gasteiger partial charge on any atom is 0.251 e. The third kappa shape index (κ3) is 5.82. The molecule has 1 amide bonds. The Morgan fingerprint density at radius 1 is 1.17 bits per heavy atom. The van der Waals surface area contributed by atoms with E-state index < -0.39 is 0 Å². The molecule has 3 rings (SSSR count). The van der Waals surface area contributed by atoms with Crippen LogP contribution in [0.4, 0.5) is 11.6 Å². The molecule has 0 spiro atoms. The highest BCUT2D eigenvalue weighted by Gasteiger charge is 2.22. The fourth-order valence-corrected chi connectivity index (χ4v) is 3.68. The molecule has 1 aromatic carbocycles. The number of ether oxygens (including phenoxy) is 1. The lowest BCUT2D eigenvalue weighted by Crippen LogP contribution is -2.34. The molecular weight excluding hydrogens is 366 g/mol. The average molecular weight is 398 g/mol. The van der Waals surface area contributed by atoms with Crippen molar-refractivity contribution in [3.05, 3.63) is 41.7 Å². The Morgan fingerprint density at radius 2 is 1.93 bits per heavy atom. The van der Waals surface area contributed by atoms with Gasteiger partial charge in [0.1, 0.15) is 23.2 Å². The lowest BCUT2D eigenvalue weighted by atomic mass is 9.86. The largest absolute Gasteiger partial charge is 0.497 e. The summed E-state index contributed by atoms with van der Waals surface area (Å²) in [6.07, 6.45) is 4.31. The van der Waals surface area contributed by atoms with E-state index in [1.807, 2.05) is 50.2 Å². The maximum absolute atomic E-state index is 12.4. The van der Waals surface area contributed by atoms with Crippen LogP contribution in [0.5, 0.6) is 5.75 Å². The van der Waals surface area contributed by atoms with Gasteiger partial charge in [0.2, 0.25) is 0 Å². The lowest BCUT2D eigenvalue weighted by molar-refractivity contribution is 0.0943. The molecular formula is C22H31N5O2. The molecule has 0 aliphatic heterocycles. The van der Waals surface area contributed by atoms with Crippen molar-refractivity contribution in [1.29, 1.82) is 0 Å². The van der Waals surface area contributed by atoms with E-state index in [4.69, 9.17) is 4.74 Å². The summed E-state index contributed by atoms with van der Waals surface area (Å²) < 4.78 is 5.19. The summed E-state index contributed by atoms with van der Waals surface area (Å²) in [6, 6.07) is 9.65. The predicted octanol–water partition coefficient (Wildman–Crippen LogP) is 3.26. The van der Waals surface area contributed by atoms with E-state index in [1.165, 1.54) is 0 Å². The topological polar surface area (TPSA) is 79.4 Å². The monoisotopic (exact) mass is 397 g/mol. The first-order valence-corrected chi connectivity index (χ1v) is 10.2. The van der Waals surface area contributed by atoms with Crippen LogP contribution >= 0.6 is 0 Å². The minimum atomic E-state index is -0.0446. The van der Waals surface area contributed by atoms with E-state index in [0.717, 1.165) is 43.1 Å². The zero-order chi connectivity index (χ0) is 20.8. The van der Waals surface area contributed by atoms with Gasteiger partial charge in [-0.3, -0.25) is 4.79 Å². The molecule has 1 aliphatic carbocycles. The third-order valence-electron chi connectivity index (χ3n) is 5.36. The molecule has 1 heterocycles. The van der Waals surface area contributed by atoms with E-state index in [1.54, 1.807) is 13.2 Å². The van der Waals surface area contributed by atoms with Crippen LogP contribution < -0.4 is 20.3 Å². The SMILES string of the molecule is COc1cccc(C(=O)NCC2CCC(Nc3cc(N(C)C)nc(C)n3)CC2)c1. The second-order valence-electron chi connectivity index (χ2n) is 7.86. The van der Waals surface area contributed by atoms with Crippen LogP contribution in [0.15, 0.2) is 30.3 Å². The molecule has 29 heavy (non-hydrogen) atoms. The third-order valence-corrected chi connectivity index (χ3v) is 5.36. The first-order chi connectivity index (χ1) is 13.9. The van der Waals surface area contributed by atoms with Gasteiger partial charge in [0, 0.05) is 38.3 Å². The Kier molecular flexibility index (Phi) is 6.90. The van der Waals surface area contributed by atoms with Crippen molar-refractivity contribution in [2.75, 3.05) is 38.0 Å². The molecule has 1 aromatic heterocycles. The molecule has 2 aromatic rings. The van der Waals surface area contributed by atoms with Gasteiger partial charge in [-0.25, -0.2) is 9.97 Å². The van der Waals surface area contributed by atoms with Crippen LogP contribution in [0.3, 0.4) is 0 Å². The zero-order valence-corrected chi connectivity index (χ0v) is 17.7. The molecule has 7 nitrogen and oxygen atoms in total. The standard InChI is InChI=1S/C22H31N5O2/c1-15-24-20(13-21(25-15)27(2)3)26-18-10-8-16(9-11-18)14-23-22(28)17-6-5-7-19(12-17)29-4/h5-7,12-13,16,18H,8-11,14H2,1-4H3,(H,23,28)(H,24,25,26). The molecule has 0 radical (unpaired) electrons. The van der Waals surface area contributed by atoms with Crippen molar-refractivity contribution in [2.24, 2.45) is 5.92 Å². The van der Waals surface area contributed by atoms with E-state index in [2.05, 4.69) is 20.6 Å². The summed E-state index contributed by atoms with van der Waals surface area (Å²) in [5, 5.41) is 6.63. The molecule has 0 bridgehead atoms. The number of anilines is 2. The Bertz CT molecular complexity index is 832. The number of methoxy groups -OCH3 is 1. The van der Waals surface area contributed by atoms with Crippen molar-refractivity contribution in [1.82, 2.24) is 15.3 Å². The number of benzene rings is 1. The molecule has 156 valence electrons. The van der Waals surface area contributed by atoms with Crippen molar-refractivity contribution >= 4 is 17.5 Å². The molecule has 1 fully saturated rings. The van der Waals surface area contributed by atoms with Crippen LogP contribution in [-0.4, -0.2) is 49.7 Å². The normalized spacial score (nSPS) is 18.8. The van der Waals surface area contributed by atoms with Crippen LogP contribution in [0.25, 0.3) is 0 Å². The van der Waals surface area contributed by atoms with E-state index >= 15 is 0 Å². The highest BCUT2D eigenvalue weighted by Crippen LogP contribution is 2.26. The van der Waals surface area contributed by atoms with Crippen molar-refractivity contribution in [3.8, 4) is 5.75 Å². The van der Waals surface area contributed by atoms with Gasteiger partial charge in [0.15, 0.2) is 0 Å². The van der Waals surface area contributed by atoms with Crippen LogP contribution in [0.1, 0.15) is 41.9 Å². The minimum Gasteiger partial charge on any atom is -0.497 e. The number of carbonyl (C=O) groups excluding carboxylic acids is 1. The highest BCUT2D eigenvalue weighted by atomic mass is 16.5. The van der Waals surface area contributed by atoms with Gasteiger partial charge in [-0.15, -0.1) is 0 Å². The number of hydrogen-bond donors (Lipinski definition) is 2. The van der Waals surface area contributed by atoms with Crippen LogP contribution in [0, 0.1) is 12.8 Å². The van der Waals surface area contributed by atoms with Crippen molar-refractivity contribution < 1.29 is 9.53 Å². The van der Waals surface area contributed by atoms with E-state index in [0.29, 0.717) is 29.8 Å². The molecule has 0 atom stereocenters. The second-order valence-corrected chi connectivity index (χ2v) is 7.86. The van der Waals surface area contributed by atoms with Gasteiger partial charge >= 0.3 is 0 Å². The predicted molar refractivity (Wildman–Crippen MR) is 116 cm³/mol. The maximum atomic E-state index is 12.4. The lowest BCUT2D eigenvalue weighted by Gasteiger charge is -2.29. The number of nitrogens with zero attached hydrogens (tertiary/aromatic N) is 3. The number of aromatic nitrogens is 2. The molecule has 1 aliphatic rings. The highest BCUT2D eigenvalue weighted by molar-refractivity contribution is 5.94. The summed E-state index contributed by atoms with van der Waals surface area (Å²) in [4.78, 5) is 23.3. The van der Waals surface area contributed by atoms with Crippen LogP contribution in [0.2, 0.25) is 0 Å². The Balaban J connectivity index is 1.46. The van der Waals surface area contributed by atoms with Gasteiger partial charge < -0.3 is 20.3 Å². The number of rotatable bonds is 7. The summed E-state index contributed by atoms with van der Waals surface area (Å²) in [7, 11) is 5.57. The second kappa shape index (κ2) is 9.58. The minimum absolute atomic E-state index is 0.0446. The molecule has 0 unspecified atom stereocenters. The summed E-state index contributed by atoms with van der Waals surface area (Å²) in [5.74, 6) is 3.73. The summed E-state index contributed by atoms with van der Waals surface area (Å²) in [5.41, 5.74) is 0.635. The number of nitrogens with one attached hydrogen (secondary N) is 2. The smallest absolute Gasteiger partial charge is 0.251 e. The number of aryl methyl sites for hydroxylation is 1. The first-order valence-electron chi connectivity index (χ1n) is 10.2.